The Morgan fingerprint density at radius 2 is 1.40 bits per heavy atom. The number of carbonyl (C=O) groups excluding carboxylic acids is 1. The summed E-state index contributed by atoms with van der Waals surface area (Å²) in [5.41, 5.74) is 1.32. The lowest BCUT2D eigenvalue weighted by Crippen LogP contribution is -2.06. The highest BCUT2D eigenvalue weighted by molar-refractivity contribution is 6.46. The molecule has 0 heterocycles. The van der Waals surface area contributed by atoms with Gasteiger partial charge < -0.3 is 0 Å². The predicted octanol–water partition coefficient (Wildman–Crippen LogP) is -1.62. The second-order valence-electron chi connectivity index (χ2n) is 2.57. The first-order valence-electron chi connectivity index (χ1n) is 3.07. The molecule has 46 valence electrons. The van der Waals surface area contributed by atoms with E-state index in [1.54, 1.807) is 12.2 Å². The number of hydrogen-bond donors (Lipinski definition) is 0. The number of rotatable bonds is 0. The average molecular weight is 130 g/mol. The average Bonchev–Trinajstić information content (AvgIpc) is 2.34. The van der Waals surface area contributed by atoms with Gasteiger partial charge in [0.05, 0.1) is 0 Å². The van der Waals surface area contributed by atoms with E-state index in [1.807, 2.05) is 0 Å². The van der Waals surface area contributed by atoms with E-state index < -0.39 is 0 Å². The van der Waals surface area contributed by atoms with E-state index in [0.717, 1.165) is 0 Å². The molecular weight excluding hydrogens is 128 g/mol. The Labute approximate surface area is 55.5 Å². The third-order valence-corrected chi connectivity index (χ3v) is 2.09. The van der Waals surface area contributed by atoms with Crippen molar-refractivity contribution < 1.29 is 4.79 Å². The molecule has 0 unspecified atom stereocenters. The molecule has 0 N–H and O–H groups in total. The summed E-state index contributed by atoms with van der Waals surface area (Å²) in [6, 6.07) is 0. The Bertz CT molecular complexity index is 476. The maximum absolute atomic E-state index is 11.0. The van der Waals surface area contributed by atoms with Gasteiger partial charge in [0.25, 0.3) is 0 Å². The van der Waals surface area contributed by atoms with Crippen molar-refractivity contribution in [2.24, 2.45) is 0 Å². The molecule has 2 heteroatoms. The fourth-order valence-electron chi connectivity index (χ4n) is 1.54. The smallest absolute Gasteiger partial charge is 0.196 e. The summed E-state index contributed by atoms with van der Waals surface area (Å²) in [7, 11) is 0. The molecule has 0 aliphatic heterocycles. The molecule has 2 aliphatic rings. The van der Waals surface area contributed by atoms with Crippen molar-refractivity contribution in [2.75, 3.05) is 0 Å². The van der Waals surface area contributed by atoms with Crippen LogP contribution in [0.25, 0.3) is 11.1 Å². The van der Waals surface area contributed by atoms with Crippen molar-refractivity contribution in [3.8, 4) is 0 Å². The minimum Gasteiger partial charge on any atom is -0.289 e. The fraction of sp³-hybridized carbons (Fsp3) is 0. The maximum Gasteiger partial charge on any atom is 0.196 e. The molecule has 3 rings (SSSR count). The molecule has 0 amide bonds. The van der Waals surface area contributed by atoms with Crippen LogP contribution in [0.4, 0.5) is 0 Å². The lowest BCUT2D eigenvalue weighted by Gasteiger charge is -1.82. The highest BCUT2D eigenvalue weighted by Crippen LogP contribution is 2.20. The molecule has 0 spiro atoms. The Hall–Kier alpha value is -1.44. The number of hydrogen-bond acceptors (Lipinski definition) is 2. The first-order valence-corrected chi connectivity index (χ1v) is 3.07. The largest absolute Gasteiger partial charge is 0.289 e. The summed E-state index contributed by atoms with van der Waals surface area (Å²) in [4.78, 5) is 21.8. The van der Waals surface area contributed by atoms with Crippen molar-refractivity contribution in [3.63, 3.8) is 0 Å². The lowest BCUT2D eigenvalue weighted by atomic mass is 10.2. The van der Waals surface area contributed by atoms with Gasteiger partial charge in [-0.15, -0.1) is 0 Å². The SMILES string of the molecule is O=C1C2=c3c(=O)c3=C1C=C2. The van der Waals surface area contributed by atoms with Crippen LogP contribution in [0.1, 0.15) is 0 Å². The minimum absolute atomic E-state index is 0.0459. The van der Waals surface area contributed by atoms with Crippen LogP contribution < -0.4 is 15.9 Å². The zero-order valence-electron chi connectivity index (χ0n) is 4.97. The van der Waals surface area contributed by atoms with Crippen molar-refractivity contribution in [1.82, 2.24) is 0 Å². The Morgan fingerprint density at radius 3 is 1.80 bits per heavy atom. The normalized spacial score (nSPS) is 19.8. The van der Waals surface area contributed by atoms with Gasteiger partial charge in [-0.3, -0.25) is 9.59 Å². The second-order valence-corrected chi connectivity index (χ2v) is 2.57. The van der Waals surface area contributed by atoms with E-state index >= 15 is 0 Å². The minimum atomic E-state index is 0.0459. The zero-order valence-corrected chi connectivity index (χ0v) is 4.97. The van der Waals surface area contributed by atoms with Crippen molar-refractivity contribution in [1.29, 1.82) is 0 Å². The van der Waals surface area contributed by atoms with Crippen molar-refractivity contribution in [3.05, 3.63) is 32.8 Å². The van der Waals surface area contributed by atoms with Crippen LogP contribution >= 0.6 is 0 Å². The van der Waals surface area contributed by atoms with E-state index in [0.29, 0.717) is 21.6 Å². The number of fused-ring (bicyclic) bond motifs is 3. The quantitative estimate of drug-likeness (QED) is 0.423. The summed E-state index contributed by atoms with van der Waals surface area (Å²) in [6.07, 6.45) is 3.45. The van der Waals surface area contributed by atoms with Gasteiger partial charge >= 0.3 is 0 Å². The third kappa shape index (κ3) is 0.232. The number of Topliss-reactive ketones (excluding diaryl/α,β-unsaturated/α-hetero) is 1. The molecule has 0 saturated carbocycles. The van der Waals surface area contributed by atoms with Gasteiger partial charge in [-0.05, 0) is 12.2 Å². The first kappa shape index (κ1) is 4.39. The molecule has 0 fully saturated rings. The molecule has 0 atom stereocenters. The summed E-state index contributed by atoms with van der Waals surface area (Å²) >= 11 is 0. The Kier molecular flexibility index (Phi) is 0.414. The molecular formula is C8H2O2. The second kappa shape index (κ2) is 0.944. The van der Waals surface area contributed by atoms with E-state index in [9.17, 15) is 9.59 Å². The zero-order chi connectivity index (χ0) is 6.88. The predicted molar refractivity (Wildman–Crippen MR) is 35.3 cm³/mol. The summed E-state index contributed by atoms with van der Waals surface area (Å²) in [5.74, 6) is 0.0459. The Morgan fingerprint density at radius 1 is 0.900 bits per heavy atom. The highest BCUT2D eigenvalue weighted by Gasteiger charge is 2.33. The van der Waals surface area contributed by atoms with Gasteiger partial charge in [0.2, 0.25) is 0 Å². The first-order chi connectivity index (χ1) is 4.80. The number of allylic oxidation sites excluding steroid dienone is 2. The van der Waals surface area contributed by atoms with E-state index in [1.165, 1.54) is 0 Å². The molecule has 10 heavy (non-hydrogen) atoms. The molecule has 1 aromatic carbocycles. The van der Waals surface area contributed by atoms with Gasteiger partial charge in [-0.25, -0.2) is 0 Å². The molecule has 0 aromatic heterocycles. The van der Waals surface area contributed by atoms with E-state index in [-0.39, 0.29) is 11.2 Å². The Balaban J connectivity index is 2.80. The van der Waals surface area contributed by atoms with Gasteiger partial charge in [0, 0.05) is 21.6 Å². The van der Waals surface area contributed by atoms with Crippen LogP contribution in [-0.2, 0) is 4.79 Å². The van der Waals surface area contributed by atoms with Crippen LogP contribution in [0.15, 0.2) is 16.9 Å². The van der Waals surface area contributed by atoms with Gasteiger partial charge in [0.1, 0.15) is 0 Å². The van der Waals surface area contributed by atoms with E-state index in [2.05, 4.69) is 0 Å². The van der Waals surface area contributed by atoms with Crippen LogP contribution in [-0.4, -0.2) is 5.78 Å². The molecule has 1 aromatic rings. The van der Waals surface area contributed by atoms with Gasteiger partial charge in [-0.1, -0.05) is 0 Å². The van der Waals surface area contributed by atoms with E-state index in [4.69, 9.17) is 0 Å². The number of carbonyl (C=O) groups is 1. The van der Waals surface area contributed by atoms with Crippen LogP contribution in [0.3, 0.4) is 0 Å². The lowest BCUT2D eigenvalue weighted by molar-refractivity contribution is -0.108. The summed E-state index contributed by atoms with van der Waals surface area (Å²) < 4.78 is 0. The fourth-order valence-corrected chi connectivity index (χ4v) is 1.54. The summed E-state index contributed by atoms with van der Waals surface area (Å²) in [6.45, 7) is 0. The van der Waals surface area contributed by atoms with Crippen molar-refractivity contribution in [2.45, 2.75) is 0 Å². The van der Waals surface area contributed by atoms with Crippen LogP contribution in [0, 0.1) is 0 Å². The maximum atomic E-state index is 11.0. The summed E-state index contributed by atoms with van der Waals surface area (Å²) in [5, 5.41) is 1.37. The highest BCUT2D eigenvalue weighted by atomic mass is 16.1. The monoisotopic (exact) mass is 130 g/mol. The molecule has 2 aliphatic carbocycles. The van der Waals surface area contributed by atoms with Crippen molar-refractivity contribution >= 4 is 16.9 Å². The van der Waals surface area contributed by atoms with Crippen LogP contribution in [0.2, 0.25) is 0 Å². The molecule has 0 radical (unpaired) electrons. The topological polar surface area (TPSA) is 34.1 Å². The molecule has 0 saturated heterocycles. The molecule has 2 nitrogen and oxygen atoms in total. The standard InChI is InChI=1S/C8H2O2/c9-7-3-1-2-4(7)6-5(3)8(6)10/h1-2H. The molecule has 2 bridgehead atoms. The number of ketones is 1. The van der Waals surface area contributed by atoms with Crippen LogP contribution in [0.5, 0.6) is 0 Å². The van der Waals surface area contributed by atoms with Gasteiger partial charge in [0.15, 0.2) is 11.2 Å². The third-order valence-electron chi connectivity index (χ3n) is 2.09. The van der Waals surface area contributed by atoms with Gasteiger partial charge in [-0.2, -0.15) is 0 Å².